The molecule has 0 bridgehead atoms. The number of furan rings is 1. The SMILES string of the molecule is Cc1ccc2c(oc3ccccc32)c1N1c2ncccc2N(C(C)(C)C)[C@@H]1C. The number of anilines is 3. The second-order valence-electron chi connectivity index (χ2n) is 8.59. The fourth-order valence-corrected chi connectivity index (χ4v) is 4.64. The summed E-state index contributed by atoms with van der Waals surface area (Å²) in [7, 11) is 0. The third kappa shape index (κ3) is 2.27. The van der Waals surface area contributed by atoms with Gasteiger partial charge in [0.2, 0.25) is 0 Å². The van der Waals surface area contributed by atoms with Gasteiger partial charge in [-0.05, 0) is 58.4 Å². The Labute approximate surface area is 165 Å². The van der Waals surface area contributed by atoms with Crippen molar-refractivity contribution in [3.63, 3.8) is 0 Å². The summed E-state index contributed by atoms with van der Waals surface area (Å²) in [6.07, 6.45) is 2.00. The van der Waals surface area contributed by atoms with Crippen LogP contribution >= 0.6 is 0 Å². The van der Waals surface area contributed by atoms with E-state index in [1.165, 1.54) is 5.56 Å². The summed E-state index contributed by atoms with van der Waals surface area (Å²) in [5.74, 6) is 0.987. The number of pyridine rings is 1. The lowest BCUT2D eigenvalue weighted by Gasteiger charge is -2.39. The molecule has 1 atom stereocenters. The number of benzene rings is 2. The zero-order valence-electron chi connectivity index (χ0n) is 17.0. The number of aromatic nitrogens is 1. The quantitative estimate of drug-likeness (QED) is 0.388. The predicted octanol–water partition coefficient (Wildman–Crippen LogP) is 6.39. The average Bonchev–Trinajstić information content (AvgIpc) is 3.16. The number of rotatable bonds is 1. The number of hydrogen-bond acceptors (Lipinski definition) is 4. The fourth-order valence-electron chi connectivity index (χ4n) is 4.64. The van der Waals surface area contributed by atoms with Crippen LogP contribution in [-0.4, -0.2) is 16.7 Å². The van der Waals surface area contributed by atoms with Gasteiger partial charge >= 0.3 is 0 Å². The van der Waals surface area contributed by atoms with Crippen LogP contribution in [0.4, 0.5) is 17.2 Å². The molecule has 1 aliphatic heterocycles. The first-order valence-corrected chi connectivity index (χ1v) is 9.82. The van der Waals surface area contributed by atoms with E-state index < -0.39 is 0 Å². The van der Waals surface area contributed by atoms with Crippen LogP contribution in [0.1, 0.15) is 33.3 Å². The van der Waals surface area contributed by atoms with Crippen molar-refractivity contribution < 1.29 is 4.42 Å². The van der Waals surface area contributed by atoms with E-state index in [9.17, 15) is 0 Å². The van der Waals surface area contributed by atoms with Gasteiger partial charge in [0, 0.05) is 22.5 Å². The highest BCUT2D eigenvalue weighted by Crippen LogP contribution is 2.49. The van der Waals surface area contributed by atoms with Crippen LogP contribution in [-0.2, 0) is 0 Å². The zero-order chi connectivity index (χ0) is 19.6. The Morgan fingerprint density at radius 3 is 2.54 bits per heavy atom. The van der Waals surface area contributed by atoms with Crippen LogP contribution < -0.4 is 9.80 Å². The van der Waals surface area contributed by atoms with Crippen LogP contribution in [0, 0.1) is 6.92 Å². The van der Waals surface area contributed by atoms with Crippen molar-refractivity contribution in [1.82, 2.24) is 4.98 Å². The van der Waals surface area contributed by atoms with E-state index in [0.717, 1.165) is 39.1 Å². The summed E-state index contributed by atoms with van der Waals surface area (Å²) in [6.45, 7) is 11.1. The molecule has 3 heterocycles. The first-order valence-electron chi connectivity index (χ1n) is 9.82. The van der Waals surface area contributed by atoms with Gasteiger partial charge in [0.15, 0.2) is 11.4 Å². The maximum Gasteiger partial charge on any atom is 0.159 e. The van der Waals surface area contributed by atoms with Crippen molar-refractivity contribution in [3.05, 3.63) is 60.3 Å². The van der Waals surface area contributed by atoms with Gasteiger partial charge in [0.1, 0.15) is 11.7 Å². The van der Waals surface area contributed by atoms with Crippen molar-refractivity contribution in [2.75, 3.05) is 9.80 Å². The van der Waals surface area contributed by atoms with Crippen LogP contribution in [0.3, 0.4) is 0 Å². The minimum atomic E-state index is -0.0262. The first-order chi connectivity index (χ1) is 13.4. The van der Waals surface area contributed by atoms with Gasteiger partial charge in [-0.3, -0.25) is 0 Å². The summed E-state index contributed by atoms with van der Waals surface area (Å²) in [5.41, 5.74) is 5.28. The van der Waals surface area contributed by atoms with Gasteiger partial charge in [-0.15, -0.1) is 0 Å². The smallest absolute Gasteiger partial charge is 0.159 e. The van der Waals surface area contributed by atoms with Crippen molar-refractivity contribution in [2.45, 2.75) is 46.3 Å². The number of fused-ring (bicyclic) bond motifs is 4. The number of para-hydroxylation sites is 1. The van der Waals surface area contributed by atoms with E-state index in [1.807, 2.05) is 24.4 Å². The minimum absolute atomic E-state index is 0.0262. The van der Waals surface area contributed by atoms with Crippen molar-refractivity contribution in [3.8, 4) is 0 Å². The largest absolute Gasteiger partial charge is 0.454 e. The lowest BCUT2D eigenvalue weighted by atomic mass is 10.0. The lowest BCUT2D eigenvalue weighted by Crippen LogP contribution is -2.49. The summed E-state index contributed by atoms with van der Waals surface area (Å²) in [6, 6.07) is 16.8. The summed E-state index contributed by atoms with van der Waals surface area (Å²) in [4.78, 5) is 9.55. The molecular formula is C24H25N3O. The van der Waals surface area contributed by atoms with Crippen LogP contribution in [0.15, 0.2) is 59.1 Å². The predicted molar refractivity (Wildman–Crippen MR) is 117 cm³/mol. The molecule has 0 N–H and O–H groups in total. The number of hydrogen-bond donors (Lipinski definition) is 0. The van der Waals surface area contributed by atoms with Crippen molar-refractivity contribution in [2.24, 2.45) is 0 Å². The molecule has 1 aliphatic rings. The van der Waals surface area contributed by atoms with Crippen LogP contribution in [0.25, 0.3) is 21.9 Å². The van der Waals surface area contributed by atoms with Gasteiger partial charge in [-0.2, -0.15) is 0 Å². The molecule has 0 amide bonds. The molecule has 0 spiro atoms. The molecule has 2 aromatic carbocycles. The first kappa shape index (κ1) is 17.1. The summed E-state index contributed by atoms with van der Waals surface area (Å²) in [5, 5.41) is 2.30. The van der Waals surface area contributed by atoms with Crippen molar-refractivity contribution >= 4 is 39.1 Å². The monoisotopic (exact) mass is 371 g/mol. The lowest BCUT2D eigenvalue weighted by molar-refractivity contribution is 0.468. The maximum atomic E-state index is 6.37. The fraction of sp³-hybridized carbons (Fsp3) is 0.292. The Hall–Kier alpha value is -3.01. The molecule has 4 heteroatoms. The molecular weight excluding hydrogens is 346 g/mol. The molecule has 28 heavy (non-hydrogen) atoms. The molecule has 0 saturated heterocycles. The Bertz CT molecular complexity index is 1200. The molecule has 142 valence electrons. The Morgan fingerprint density at radius 1 is 0.964 bits per heavy atom. The molecule has 2 aromatic heterocycles. The van der Waals surface area contributed by atoms with Crippen LogP contribution in [0.2, 0.25) is 0 Å². The summed E-state index contributed by atoms with van der Waals surface area (Å²) < 4.78 is 6.37. The van der Waals surface area contributed by atoms with E-state index in [-0.39, 0.29) is 11.7 Å². The molecule has 4 nitrogen and oxygen atoms in total. The number of nitrogens with zero attached hydrogens (tertiary/aromatic N) is 3. The van der Waals surface area contributed by atoms with Gasteiger partial charge in [-0.1, -0.05) is 30.3 Å². The van der Waals surface area contributed by atoms with E-state index in [4.69, 9.17) is 9.40 Å². The normalized spacial score (nSPS) is 17.0. The van der Waals surface area contributed by atoms with E-state index in [1.54, 1.807) is 0 Å². The average molecular weight is 371 g/mol. The second kappa shape index (κ2) is 5.74. The molecule has 4 aromatic rings. The summed E-state index contributed by atoms with van der Waals surface area (Å²) >= 11 is 0. The highest BCUT2D eigenvalue weighted by Gasteiger charge is 2.41. The Balaban J connectivity index is 1.82. The van der Waals surface area contributed by atoms with Gasteiger partial charge in [-0.25, -0.2) is 4.98 Å². The Kier molecular flexibility index (Phi) is 3.51. The van der Waals surface area contributed by atoms with Crippen LogP contribution in [0.5, 0.6) is 0 Å². The Morgan fingerprint density at radius 2 is 1.75 bits per heavy atom. The topological polar surface area (TPSA) is 32.5 Å². The maximum absolute atomic E-state index is 6.37. The number of aryl methyl sites for hydroxylation is 1. The van der Waals surface area contributed by atoms with Gasteiger partial charge in [0.05, 0.1) is 11.4 Å². The third-order valence-corrected chi connectivity index (χ3v) is 5.69. The highest BCUT2D eigenvalue weighted by molar-refractivity contribution is 6.10. The van der Waals surface area contributed by atoms with E-state index in [2.05, 4.69) is 74.8 Å². The molecule has 0 unspecified atom stereocenters. The minimum Gasteiger partial charge on any atom is -0.454 e. The van der Waals surface area contributed by atoms with E-state index >= 15 is 0 Å². The third-order valence-electron chi connectivity index (χ3n) is 5.69. The second-order valence-corrected chi connectivity index (χ2v) is 8.59. The molecule has 5 rings (SSSR count). The van der Waals surface area contributed by atoms with Gasteiger partial charge < -0.3 is 14.2 Å². The molecule has 0 fully saturated rings. The van der Waals surface area contributed by atoms with Crippen molar-refractivity contribution in [1.29, 1.82) is 0 Å². The zero-order valence-corrected chi connectivity index (χ0v) is 17.0. The molecule has 0 saturated carbocycles. The van der Waals surface area contributed by atoms with E-state index in [0.29, 0.717) is 0 Å². The van der Waals surface area contributed by atoms with Gasteiger partial charge in [0.25, 0.3) is 0 Å². The molecule has 0 radical (unpaired) electrons. The highest BCUT2D eigenvalue weighted by atomic mass is 16.3. The standard InChI is InChI=1S/C24H25N3O/c1-15-12-13-18-17-9-6-7-11-20(17)28-22(18)21(15)26-16(2)27(24(3,4)5)19-10-8-14-25-23(19)26/h6-14,16H,1-5H3/t16-/m1/s1. The molecule has 0 aliphatic carbocycles.